The number of amides is 1. The van der Waals surface area contributed by atoms with Crippen LogP contribution in [-0.4, -0.2) is 29.9 Å². The van der Waals surface area contributed by atoms with E-state index < -0.39 is 11.9 Å². The third-order valence-corrected chi connectivity index (χ3v) is 4.35. The first-order valence-corrected chi connectivity index (χ1v) is 8.94. The van der Waals surface area contributed by atoms with E-state index in [9.17, 15) is 9.59 Å². The van der Waals surface area contributed by atoms with Crippen molar-refractivity contribution in [3.05, 3.63) is 60.2 Å². The smallest absolute Gasteiger partial charge is 0.318 e. The molecule has 1 aliphatic heterocycles. The molecule has 26 heavy (non-hydrogen) atoms. The van der Waals surface area contributed by atoms with Gasteiger partial charge in [0, 0.05) is 13.1 Å². The molecule has 0 N–H and O–H groups in total. The minimum absolute atomic E-state index is 0.149. The molecule has 5 nitrogen and oxygen atoms in total. The van der Waals surface area contributed by atoms with Gasteiger partial charge in [0.25, 0.3) is 0 Å². The summed E-state index contributed by atoms with van der Waals surface area (Å²) in [5.41, 5.74) is 0.969. The van der Waals surface area contributed by atoms with Crippen molar-refractivity contribution in [3.8, 4) is 11.5 Å². The molecule has 0 bridgehead atoms. The fourth-order valence-corrected chi connectivity index (χ4v) is 3.11. The molecule has 1 amide bonds. The molecule has 0 radical (unpaired) electrons. The highest BCUT2D eigenvalue weighted by Crippen LogP contribution is 2.25. The van der Waals surface area contributed by atoms with E-state index in [1.54, 1.807) is 11.8 Å². The van der Waals surface area contributed by atoms with Gasteiger partial charge in [-0.1, -0.05) is 30.3 Å². The van der Waals surface area contributed by atoms with Crippen molar-refractivity contribution in [2.75, 3.05) is 13.2 Å². The van der Waals surface area contributed by atoms with Crippen LogP contribution in [0.1, 0.15) is 25.3 Å². The summed E-state index contributed by atoms with van der Waals surface area (Å²) in [6, 6.07) is 17.2. The Morgan fingerprint density at radius 2 is 1.88 bits per heavy atom. The molecule has 0 unspecified atom stereocenters. The molecule has 1 heterocycles. The van der Waals surface area contributed by atoms with E-state index in [0.29, 0.717) is 26.1 Å². The lowest BCUT2D eigenvalue weighted by Gasteiger charge is -2.31. The number of esters is 1. The van der Waals surface area contributed by atoms with E-state index >= 15 is 0 Å². The number of nitrogens with zero attached hydrogens (tertiary/aromatic N) is 1. The van der Waals surface area contributed by atoms with Crippen LogP contribution >= 0.6 is 0 Å². The van der Waals surface area contributed by atoms with Crippen LogP contribution in [0.5, 0.6) is 11.5 Å². The predicted molar refractivity (Wildman–Crippen MR) is 97.7 cm³/mol. The van der Waals surface area contributed by atoms with Gasteiger partial charge >= 0.3 is 5.97 Å². The van der Waals surface area contributed by atoms with Crippen LogP contribution in [0.4, 0.5) is 0 Å². The maximum atomic E-state index is 12.6. The van der Waals surface area contributed by atoms with Gasteiger partial charge in [0.15, 0.2) is 0 Å². The molecule has 1 saturated heterocycles. The fraction of sp³-hybridized carbons (Fsp3) is 0.333. The summed E-state index contributed by atoms with van der Waals surface area (Å²) in [6.07, 6.45) is 1.36. The van der Waals surface area contributed by atoms with Crippen molar-refractivity contribution in [3.63, 3.8) is 0 Å². The van der Waals surface area contributed by atoms with Crippen molar-refractivity contribution in [2.45, 2.75) is 26.3 Å². The molecule has 136 valence electrons. The first-order valence-electron chi connectivity index (χ1n) is 8.94. The van der Waals surface area contributed by atoms with Gasteiger partial charge in [0.2, 0.25) is 5.91 Å². The maximum absolute atomic E-state index is 12.6. The monoisotopic (exact) mass is 353 g/mol. The van der Waals surface area contributed by atoms with Gasteiger partial charge in [-0.25, -0.2) is 0 Å². The Morgan fingerprint density at radius 3 is 2.65 bits per heavy atom. The van der Waals surface area contributed by atoms with Crippen LogP contribution in [0.15, 0.2) is 54.6 Å². The molecule has 1 atom stereocenters. The van der Waals surface area contributed by atoms with E-state index in [0.717, 1.165) is 23.5 Å². The summed E-state index contributed by atoms with van der Waals surface area (Å²) in [5, 5.41) is 0. The Balaban J connectivity index is 1.67. The molecule has 1 aliphatic rings. The lowest BCUT2D eigenvalue weighted by molar-refractivity contribution is -0.158. The third kappa shape index (κ3) is 4.42. The molecule has 0 saturated carbocycles. The van der Waals surface area contributed by atoms with Crippen LogP contribution < -0.4 is 4.74 Å². The largest absolute Gasteiger partial charge is 0.465 e. The summed E-state index contributed by atoms with van der Waals surface area (Å²) in [7, 11) is 0. The van der Waals surface area contributed by atoms with Gasteiger partial charge in [-0.3, -0.25) is 9.59 Å². The van der Waals surface area contributed by atoms with Crippen molar-refractivity contribution in [1.29, 1.82) is 0 Å². The van der Waals surface area contributed by atoms with Crippen LogP contribution in [-0.2, 0) is 20.9 Å². The van der Waals surface area contributed by atoms with Crippen molar-refractivity contribution in [1.82, 2.24) is 4.90 Å². The number of benzene rings is 2. The lowest BCUT2D eigenvalue weighted by atomic mass is 9.96. The average Bonchev–Trinajstić information content (AvgIpc) is 2.65. The van der Waals surface area contributed by atoms with Gasteiger partial charge < -0.3 is 14.4 Å². The number of hydrogen-bond donors (Lipinski definition) is 0. The summed E-state index contributed by atoms with van der Waals surface area (Å²) in [6.45, 7) is 3.15. The first-order chi connectivity index (χ1) is 12.7. The topological polar surface area (TPSA) is 55.8 Å². The highest BCUT2D eigenvalue weighted by atomic mass is 16.5. The van der Waals surface area contributed by atoms with Gasteiger partial charge in [-0.2, -0.15) is 0 Å². The van der Waals surface area contributed by atoms with Crippen molar-refractivity contribution < 1.29 is 19.1 Å². The van der Waals surface area contributed by atoms with E-state index in [2.05, 4.69) is 0 Å². The average molecular weight is 353 g/mol. The molecule has 0 aromatic heterocycles. The second kappa shape index (κ2) is 8.52. The summed E-state index contributed by atoms with van der Waals surface area (Å²) in [4.78, 5) is 26.3. The van der Waals surface area contributed by atoms with Crippen LogP contribution in [0.25, 0.3) is 0 Å². The van der Waals surface area contributed by atoms with E-state index in [4.69, 9.17) is 9.47 Å². The van der Waals surface area contributed by atoms with E-state index in [1.165, 1.54) is 0 Å². The second-order valence-electron chi connectivity index (χ2n) is 6.27. The quantitative estimate of drug-likeness (QED) is 0.586. The van der Waals surface area contributed by atoms with Crippen molar-refractivity contribution >= 4 is 11.9 Å². The van der Waals surface area contributed by atoms with Gasteiger partial charge in [-0.05, 0) is 49.6 Å². The fourth-order valence-electron chi connectivity index (χ4n) is 3.11. The minimum atomic E-state index is -0.674. The van der Waals surface area contributed by atoms with E-state index in [1.807, 2.05) is 54.6 Å². The second-order valence-corrected chi connectivity index (χ2v) is 6.27. The first kappa shape index (κ1) is 18.0. The van der Waals surface area contributed by atoms with Crippen LogP contribution in [0.3, 0.4) is 0 Å². The van der Waals surface area contributed by atoms with Crippen LogP contribution in [0.2, 0.25) is 0 Å². The number of para-hydroxylation sites is 1. The predicted octanol–water partition coefficient (Wildman–Crippen LogP) is 3.78. The van der Waals surface area contributed by atoms with Crippen molar-refractivity contribution in [2.24, 2.45) is 5.92 Å². The van der Waals surface area contributed by atoms with Gasteiger partial charge in [0.05, 0.1) is 6.61 Å². The Hall–Kier alpha value is -2.82. The normalized spacial score (nSPS) is 17.0. The Kier molecular flexibility index (Phi) is 5.89. The summed E-state index contributed by atoms with van der Waals surface area (Å²) in [5.74, 6) is 0.251. The van der Waals surface area contributed by atoms with Gasteiger partial charge in [0.1, 0.15) is 17.4 Å². The molecular weight excluding hydrogens is 330 g/mol. The number of likely N-dealkylation sites (tertiary alicyclic amines) is 1. The Bertz CT molecular complexity index is 760. The zero-order valence-electron chi connectivity index (χ0n) is 14.9. The summed E-state index contributed by atoms with van der Waals surface area (Å²) >= 11 is 0. The molecule has 2 aromatic rings. The standard InChI is InChI=1S/C21H23NO4/c1-2-25-21(24)19-12-7-13-22(20(19)23)15-16-8-6-11-18(14-16)26-17-9-4-3-5-10-17/h3-6,8-11,14,19H,2,7,12-13,15H2,1H3/t19-/m1/s1. The molecule has 3 rings (SSSR count). The number of carbonyl (C=O) groups excluding carboxylic acids is 2. The number of rotatable bonds is 6. The minimum Gasteiger partial charge on any atom is -0.465 e. The lowest BCUT2D eigenvalue weighted by Crippen LogP contribution is -2.44. The molecule has 0 aliphatic carbocycles. The molecule has 2 aromatic carbocycles. The zero-order valence-corrected chi connectivity index (χ0v) is 14.9. The molecule has 1 fully saturated rings. The Labute approximate surface area is 153 Å². The number of hydrogen-bond acceptors (Lipinski definition) is 4. The SMILES string of the molecule is CCOC(=O)[C@@H]1CCCN(Cc2cccc(Oc3ccccc3)c2)C1=O. The van der Waals surface area contributed by atoms with E-state index in [-0.39, 0.29) is 5.91 Å². The number of piperidine rings is 1. The summed E-state index contributed by atoms with van der Waals surface area (Å²) < 4.78 is 10.9. The molecular formula is C21H23NO4. The molecule has 0 spiro atoms. The van der Waals surface area contributed by atoms with Crippen LogP contribution in [0, 0.1) is 5.92 Å². The maximum Gasteiger partial charge on any atom is 0.318 e. The van der Waals surface area contributed by atoms with Gasteiger partial charge in [-0.15, -0.1) is 0 Å². The third-order valence-electron chi connectivity index (χ3n) is 4.35. The zero-order chi connectivity index (χ0) is 18.4. The number of carbonyl (C=O) groups is 2. The Morgan fingerprint density at radius 1 is 1.12 bits per heavy atom. The molecule has 5 heteroatoms. The highest BCUT2D eigenvalue weighted by Gasteiger charge is 2.35. The number of ether oxygens (including phenoxy) is 2. The highest BCUT2D eigenvalue weighted by molar-refractivity contribution is 5.98.